The lowest BCUT2D eigenvalue weighted by Gasteiger charge is -2.20. The number of nitrogens with two attached hydrogens (primary N) is 1. The van der Waals surface area contributed by atoms with Gasteiger partial charge in [-0.3, -0.25) is 0 Å². The fraction of sp³-hybridized carbons (Fsp3) is 0.333. The first-order valence-electron chi connectivity index (χ1n) is 3.79. The third kappa shape index (κ3) is 2.27. The van der Waals surface area contributed by atoms with Crippen molar-refractivity contribution in [2.75, 3.05) is 5.73 Å². The molecule has 1 aromatic carbocycles. The molecule has 0 aliphatic carbocycles. The number of hydrogen-bond acceptors (Lipinski definition) is 2. The molecule has 13 heavy (non-hydrogen) atoms. The van der Waals surface area contributed by atoms with Gasteiger partial charge in [-0.05, 0) is 26.0 Å². The summed E-state index contributed by atoms with van der Waals surface area (Å²) in [7, 11) is 0. The molecular weight excluding hydrogens is 209 g/mol. The van der Waals surface area contributed by atoms with E-state index in [0.717, 1.165) is 0 Å². The fourth-order valence-electron chi connectivity index (χ4n) is 1.09. The van der Waals surface area contributed by atoms with Gasteiger partial charge in [-0.15, -0.1) is 0 Å². The minimum atomic E-state index is -1.00. The van der Waals surface area contributed by atoms with Crippen molar-refractivity contribution in [1.82, 2.24) is 0 Å². The maximum absolute atomic E-state index is 9.70. The number of rotatable bonds is 1. The van der Waals surface area contributed by atoms with Crippen molar-refractivity contribution in [3.05, 3.63) is 27.7 Å². The van der Waals surface area contributed by atoms with Crippen LogP contribution >= 0.6 is 23.2 Å². The highest BCUT2D eigenvalue weighted by Crippen LogP contribution is 2.33. The van der Waals surface area contributed by atoms with Gasteiger partial charge < -0.3 is 10.8 Å². The summed E-state index contributed by atoms with van der Waals surface area (Å²) in [5, 5.41) is 10.5. The van der Waals surface area contributed by atoms with Crippen molar-refractivity contribution in [2.45, 2.75) is 19.4 Å². The van der Waals surface area contributed by atoms with E-state index in [0.29, 0.717) is 21.3 Å². The molecule has 1 aromatic rings. The van der Waals surface area contributed by atoms with Crippen LogP contribution in [0.5, 0.6) is 0 Å². The molecule has 1 rings (SSSR count). The number of halogens is 2. The molecule has 0 aliphatic heterocycles. The first-order chi connectivity index (χ1) is 5.82. The molecule has 0 heterocycles. The van der Waals surface area contributed by atoms with Gasteiger partial charge in [0.05, 0.1) is 15.6 Å². The lowest BCUT2D eigenvalue weighted by Crippen LogP contribution is -2.17. The van der Waals surface area contributed by atoms with Gasteiger partial charge in [0.1, 0.15) is 0 Å². The molecule has 0 saturated heterocycles. The quantitative estimate of drug-likeness (QED) is 0.714. The molecule has 0 bridgehead atoms. The maximum Gasteiger partial charge on any atom is 0.0860 e. The van der Waals surface area contributed by atoms with Crippen LogP contribution in [0, 0.1) is 0 Å². The normalized spacial score (nSPS) is 11.8. The van der Waals surface area contributed by atoms with E-state index >= 15 is 0 Å². The SMILES string of the molecule is CC(C)(O)c1cc(Cl)c(Cl)cc1N. The average Bonchev–Trinajstić information content (AvgIpc) is 1.94. The van der Waals surface area contributed by atoms with Crippen LogP contribution in [0.3, 0.4) is 0 Å². The zero-order valence-electron chi connectivity index (χ0n) is 7.44. The van der Waals surface area contributed by atoms with E-state index in [1.54, 1.807) is 19.9 Å². The van der Waals surface area contributed by atoms with Gasteiger partial charge in [0, 0.05) is 11.3 Å². The van der Waals surface area contributed by atoms with Crippen LogP contribution in [0.2, 0.25) is 10.0 Å². The minimum Gasteiger partial charge on any atom is -0.398 e. The smallest absolute Gasteiger partial charge is 0.0860 e. The lowest BCUT2D eigenvalue weighted by atomic mass is 9.97. The summed E-state index contributed by atoms with van der Waals surface area (Å²) in [6.45, 7) is 3.28. The molecule has 4 heteroatoms. The Kier molecular flexibility index (Phi) is 2.76. The first kappa shape index (κ1) is 10.6. The molecule has 2 nitrogen and oxygen atoms in total. The van der Waals surface area contributed by atoms with Gasteiger partial charge in [-0.25, -0.2) is 0 Å². The fourth-order valence-corrected chi connectivity index (χ4v) is 1.43. The Morgan fingerprint density at radius 2 is 1.69 bits per heavy atom. The van der Waals surface area contributed by atoms with Gasteiger partial charge >= 0.3 is 0 Å². The number of hydrogen-bond donors (Lipinski definition) is 2. The summed E-state index contributed by atoms with van der Waals surface area (Å²) in [5.74, 6) is 0. The molecule has 0 radical (unpaired) electrons. The van der Waals surface area contributed by atoms with E-state index in [1.165, 1.54) is 6.07 Å². The van der Waals surface area contributed by atoms with E-state index in [4.69, 9.17) is 28.9 Å². The number of anilines is 1. The Bertz CT molecular complexity index is 331. The topological polar surface area (TPSA) is 46.2 Å². The van der Waals surface area contributed by atoms with Gasteiger partial charge in [-0.2, -0.15) is 0 Å². The van der Waals surface area contributed by atoms with Crippen LogP contribution < -0.4 is 5.73 Å². The third-order valence-corrected chi connectivity index (χ3v) is 2.47. The van der Waals surface area contributed by atoms with E-state index < -0.39 is 5.60 Å². The summed E-state index contributed by atoms with van der Waals surface area (Å²) < 4.78 is 0. The molecule has 0 atom stereocenters. The van der Waals surface area contributed by atoms with Crippen LogP contribution in [0.4, 0.5) is 5.69 Å². The minimum absolute atomic E-state index is 0.396. The third-order valence-electron chi connectivity index (χ3n) is 1.75. The van der Waals surface area contributed by atoms with Gasteiger partial charge in [0.25, 0.3) is 0 Å². The predicted molar refractivity (Wildman–Crippen MR) is 56.1 cm³/mol. The second-order valence-corrected chi connectivity index (χ2v) is 4.23. The second kappa shape index (κ2) is 3.37. The molecule has 0 aromatic heterocycles. The number of aliphatic hydroxyl groups is 1. The van der Waals surface area contributed by atoms with Crippen LogP contribution in [0.25, 0.3) is 0 Å². The Morgan fingerprint density at radius 1 is 1.23 bits per heavy atom. The molecule has 3 N–H and O–H groups in total. The van der Waals surface area contributed by atoms with E-state index in [-0.39, 0.29) is 0 Å². The zero-order chi connectivity index (χ0) is 10.2. The zero-order valence-corrected chi connectivity index (χ0v) is 8.95. The van der Waals surface area contributed by atoms with Gasteiger partial charge in [0.2, 0.25) is 0 Å². The molecule has 0 aliphatic rings. The second-order valence-electron chi connectivity index (χ2n) is 3.41. The van der Waals surface area contributed by atoms with Crippen LogP contribution in [0.1, 0.15) is 19.4 Å². The van der Waals surface area contributed by atoms with E-state index in [9.17, 15) is 5.11 Å². The lowest BCUT2D eigenvalue weighted by molar-refractivity contribution is 0.0794. The highest BCUT2D eigenvalue weighted by molar-refractivity contribution is 6.42. The van der Waals surface area contributed by atoms with Crippen molar-refractivity contribution in [2.24, 2.45) is 0 Å². The summed E-state index contributed by atoms with van der Waals surface area (Å²) in [5.41, 5.74) is 5.70. The summed E-state index contributed by atoms with van der Waals surface area (Å²) >= 11 is 11.5. The Balaban J connectivity index is 3.32. The van der Waals surface area contributed by atoms with Crippen LogP contribution in [-0.2, 0) is 5.60 Å². The molecule has 72 valence electrons. The molecule has 0 amide bonds. The maximum atomic E-state index is 9.70. The molecule has 0 fully saturated rings. The summed E-state index contributed by atoms with van der Waals surface area (Å²) in [6, 6.07) is 3.12. The van der Waals surface area contributed by atoms with Crippen LogP contribution in [0.15, 0.2) is 12.1 Å². The molecule has 0 spiro atoms. The van der Waals surface area contributed by atoms with Gasteiger partial charge in [0.15, 0.2) is 0 Å². The molecule has 0 saturated carbocycles. The van der Waals surface area contributed by atoms with Crippen molar-refractivity contribution in [1.29, 1.82) is 0 Å². The summed E-state index contributed by atoms with van der Waals surface area (Å²) in [6.07, 6.45) is 0. The molecule has 0 unspecified atom stereocenters. The van der Waals surface area contributed by atoms with E-state index in [1.807, 2.05) is 0 Å². The summed E-state index contributed by atoms with van der Waals surface area (Å²) in [4.78, 5) is 0. The van der Waals surface area contributed by atoms with Crippen molar-refractivity contribution in [3.63, 3.8) is 0 Å². The van der Waals surface area contributed by atoms with Crippen molar-refractivity contribution < 1.29 is 5.11 Å². The van der Waals surface area contributed by atoms with E-state index in [2.05, 4.69) is 0 Å². The monoisotopic (exact) mass is 219 g/mol. The van der Waals surface area contributed by atoms with Crippen molar-refractivity contribution in [3.8, 4) is 0 Å². The number of nitrogen functional groups attached to an aromatic ring is 1. The Morgan fingerprint density at radius 3 is 2.15 bits per heavy atom. The standard InChI is InChI=1S/C9H11Cl2NO/c1-9(2,13)5-3-6(10)7(11)4-8(5)12/h3-4,13H,12H2,1-2H3. The largest absolute Gasteiger partial charge is 0.398 e. The average molecular weight is 220 g/mol. The molecular formula is C9H11Cl2NO. The Labute approximate surface area is 87.3 Å². The highest BCUT2D eigenvalue weighted by Gasteiger charge is 2.20. The van der Waals surface area contributed by atoms with Crippen molar-refractivity contribution >= 4 is 28.9 Å². The van der Waals surface area contributed by atoms with Gasteiger partial charge in [-0.1, -0.05) is 23.2 Å². The predicted octanol–water partition coefficient (Wildman–Crippen LogP) is 2.80. The number of benzene rings is 1. The van der Waals surface area contributed by atoms with Crippen LogP contribution in [-0.4, -0.2) is 5.11 Å². The highest BCUT2D eigenvalue weighted by atomic mass is 35.5. The Hall–Kier alpha value is -0.440. The first-order valence-corrected chi connectivity index (χ1v) is 4.55.